The summed E-state index contributed by atoms with van der Waals surface area (Å²) < 4.78 is 39.3. The van der Waals surface area contributed by atoms with Crippen molar-refractivity contribution in [2.75, 3.05) is 0 Å². The predicted octanol–water partition coefficient (Wildman–Crippen LogP) is 2.35. The molecule has 96 valence electrons. The van der Waals surface area contributed by atoms with E-state index in [2.05, 4.69) is 4.74 Å². The smallest absolute Gasteiger partial charge is 0.480 e. The summed E-state index contributed by atoms with van der Waals surface area (Å²) in [5.41, 5.74) is 0.443. The summed E-state index contributed by atoms with van der Waals surface area (Å²) >= 11 is 0. The minimum absolute atomic E-state index is 0.0713. The maximum atomic E-state index is 11.9. The molecular weight excluding hydrogens is 251 g/mol. The topological polar surface area (TPSA) is 70.3 Å². The van der Waals surface area contributed by atoms with Crippen LogP contribution < -0.4 is 4.74 Å². The Kier molecular flexibility index (Phi) is 4.15. The van der Waals surface area contributed by atoms with Crippen LogP contribution in [0, 0.1) is 17.2 Å². The number of carboxylic acid groups (broad SMARTS) is 1. The second kappa shape index (κ2) is 5.40. The van der Waals surface area contributed by atoms with Gasteiger partial charge in [-0.25, -0.2) is 0 Å². The van der Waals surface area contributed by atoms with Gasteiger partial charge in [-0.3, -0.25) is 4.79 Å². The lowest BCUT2D eigenvalue weighted by molar-refractivity contribution is -0.274. The number of halogens is 3. The Balaban J connectivity index is 2.72. The molecule has 0 bridgehead atoms. The van der Waals surface area contributed by atoms with Crippen molar-refractivity contribution in [3.63, 3.8) is 0 Å². The zero-order chi connectivity index (χ0) is 13.8. The number of alkyl halides is 3. The molecule has 0 saturated carbocycles. The molecule has 1 aromatic carbocycles. The van der Waals surface area contributed by atoms with Gasteiger partial charge in [0, 0.05) is 0 Å². The van der Waals surface area contributed by atoms with E-state index in [-0.39, 0.29) is 6.42 Å². The molecule has 1 aromatic rings. The van der Waals surface area contributed by atoms with E-state index in [9.17, 15) is 18.0 Å². The van der Waals surface area contributed by atoms with Crippen molar-refractivity contribution in [3.8, 4) is 11.8 Å². The molecule has 0 fully saturated rings. The van der Waals surface area contributed by atoms with Crippen LogP contribution in [0.3, 0.4) is 0 Å². The number of ether oxygens (including phenoxy) is 1. The maximum absolute atomic E-state index is 11.9. The number of nitrogens with zero attached hydrogens (tertiary/aromatic N) is 1. The summed E-state index contributed by atoms with van der Waals surface area (Å²) in [5, 5.41) is 17.2. The Morgan fingerprint density at radius 3 is 2.33 bits per heavy atom. The summed E-state index contributed by atoms with van der Waals surface area (Å²) in [4.78, 5) is 10.6. The Hall–Kier alpha value is -2.23. The third kappa shape index (κ3) is 4.33. The molecule has 0 spiro atoms. The van der Waals surface area contributed by atoms with Gasteiger partial charge in [0.25, 0.3) is 0 Å². The molecule has 0 amide bonds. The van der Waals surface area contributed by atoms with Gasteiger partial charge in [-0.05, 0) is 24.1 Å². The first-order valence-corrected chi connectivity index (χ1v) is 4.79. The number of rotatable bonds is 4. The Morgan fingerprint density at radius 1 is 1.39 bits per heavy atom. The zero-order valence-electron chi connectivity index (χ0n) is 8.94. The maximum Gasteiger partial charge on any atom is 0.573 e. The van der Waals surface area contributed by atoms with Gasteiger partial charge in [0.15, 0.2) is 0 Å². The van der Waals surface area contributed by atoms with Crippen LogP contribution in [-0.4, -0.2) is 17.4 Å². The second-order valence-corrected chi connectivity index (χ2v) is 3.42. The predicted molar refractivity (Wildman–Crippen MR) is 53.6 cm³/mol. The van der Waals surface area contributed by atoms with Gasteiger partial charge in [-0.2, -0.15) is 5.26 Å². The zero-order valence-corrected chi connectivity index (χ0v) is 8.94. The first kappa shape index (κ1) is 13.8. The fourth-order valence-electron chi connectivity index (χ4n) is 1.25. The second-order valence-electron chi connectivity index (χ2n) is 3.42. The third-order valence-corrected chi connectivity index (χ3v) is 2.05. The van der Waals surface area contributed by atoms with E-state index in [0.717, 1.165) is 12.1 Å². The van der Waals surface area contributed by atoms with Gasteiger partial charge in [0.2, 0.25) is 0 Å². The molecule has 0 aromatic heterocycles. The van der Waals surface area contributed by atoms with Crippen molar-refractivity contribution in [1.82, 2.24) is 0 Å². The quantitative estimate of drug-likeness (QED) is 0.900. The van der Waals surface area contributed by atoms with Crippen molar-refractivity contribution in [1.29, 1.82) is 5.26 Å². The van der Waals surface area contributed by atoms with E-state index in [1.54, 1.807) is 6.07 Å². The highest BCUT2D eigenvalue weighted by molar-refractivity contribution is 5.73. The fraction of sp³-hybridized carbons (Fsp3) is 0.273. The van der Waals surface area contributed by atoms with Crippen LogP contribution in [0.25, 0.3) is 0 Å². The molecule has 1 rings (SSSR count). The highest BCUT2D eigenvalue weighted by Gasteiger charge is 2.31. The average Bonchev–Trinajstić information content (AvgIpc) is 2.25. The molecular formula is C11H8F3NO3. The SMILES string of the molecule is N#C[C@H](Cc1ccc(OC(F)(F)F)cc1)C(=O)O. The first-order valence-electron chi connectivity index (χ1n) is 4.79. The number of benzene rings is 1. The van der Waals surface area contributed by atoms with Gasteiger partial charge in [-0.1, -0.05) is 12.1 Å². The Bertz CT molecular complexity index is 462. The van der Waals surface area contributed by atoms with Crippen molar-refractivity contribution in [2.45, 2.75) is 12.8 Å². The molecule has 18 heavy (non-hydrogen) atoms. The summed E-state index contributed by atoms with van der Waals surface area (Å²) in [6, 6.07) is 6.30. The number of aliphatic carboxylic acids is 1. The van der Waals surface area contributed by atoms with Gasteiger partial charge in [-0.15, -0.1) is 13.2 Å². The first-order chi connectivity index (χ1) is 8.31. The molecule has 0 saturated heterocycles. The van der Waals surface area contributed by atoms with Crippen molar-refractivity contribution in [2.24, 2.45) is 5.92 Å². The summed E-state index contributed by atoms with van der Waals surface area (Å²) in [6.45, 7) is 0. The van der Waals surface area contributed by atoms with Crippen molar-refractivity contribution in [3.05, 3.63) is 29.8 Å². The van der Waals surface area contributed by atoms with Gasteiger partial charge < -0.3 is 9.84 Å². The van der Waals surface area contributed by atoms with E-state index in [1.807, 2.05) is 0 Å². The Labute approximate surface area is 100 Å². The molecule has 1 atom stereocenters. The van der Waals surface area contributed by atoms with Crippen LogP contribution in [0.4, 0.5) is 13.2 Å². The Morgan fingerprint density at radius 2 is 1.94 bits per heavy atom. The van der Waals surface area contributed by atoms with Crippen LogP contribution in [0.2, 0.25) is 0 Å². The summed E-state index contributed by atoms with van der Waals surface area (Å²) in [5.74, 6) is -2.89. The van der Waals surface area contributed by atoms with Crippen LogP contribution >= 0.6 is 0 Å². The molecule has 0 aliphatic rings. The highest BCUT2D eigenvalue weighted by Crippen LogP contribution is 2.23. The van der Waals surface area contributed by atoms with E-state index in [4.69, 9.17) is 10.4 Å². The number of carboxylic acids is 1. The van der Waals surface area contributed by atoms with Crippen LogP contribution in [0.1, 0.15) is 5.56 Å². The monoisotopic (exact) mass is 259 g/mol. The molecule has 7 heteroatoms. The molecule has 0 unspecified atom stereocenters. The van der Waals surface area contributed by atoms with Crippen LogP contribution in [0.15, 0.2) is 24.3 Å². The normalized spacial score (nSPS) is 12.6. The minimum Gasteiger partial charge on any atom is -0.480 e. The number of carbonyl (C=O) groups is 1. The van der Waals surface area contributed by atoms with Gasteiger partial charge >= 0.3 is 12.3 Å². The summed E-state index contributed by atoms with van der Waals surface area (Å²) in [6.07, 6.45) is -4.84. The minimum atomic E-state index is -4.77. The standard InChI is InChI=1S/C11H8F3NO3/c12-11(13,14)18-9-3-1-7(2-4-9)5-8(6-15)10(16)17/h1-4,8H,5H2,(H,16,17)/t8-/m0/s1. The lowest BCUT2D eigenvalue weighted by Gasteiger charge is -2.09. The van der Waals surface area contributed by atoms with E-state index >= 15 is 0 Å². The third-order valence-electron chi connectivity index (χ3n) is 2.05. The lowest BCUT2D eigenvalue weighted by atomic mass is 10.0. The molecule has 0 radical (unpaired) electrons. The average molecular weight is 259 g/mol. The van der Waals surface area contributed by atoms with E-state index in [0.29, 0.717) is 5.56 Å². The fourth-order valence-corrected chi connectivity index (χ4v) is 1.25. The highest BCUT2D eigenvalue weighted by atomic mass is 19.4. The van der Waals surface area contributed by atoms with Crippen molar-refractivity contribution >= 4 is 5.97 Å². The molecule has 4 nitrogen and oxygen atoms in total. The number of nitriles is 1. The van der Waals surface area contributed by atoms with E-state index < -0.39 is 24.0 Å². The number of hydrogen-bond acceptors (Lipinski definition) is 3. The largest absolute Gasteiger partial charge is 0.573 e. The molecule has 0 aliphatic heterocycles. The summed E-state index contributed by atoms with van der Waals surface area (Å²) in [7, 11) is 0. The van der Waals surface area contributed by atoms with Crippen molar-refractivity contribution < 1.29 is 27.8 Å². The lowest BCUT2D eigenvalue weighted by Crippen LogP contribution is -2.17. The molecule has 1 N–H and O–H groups in total. The molecule has 0 heterocycles. The van der Waals surface area contributed by atoms with Gasteiger partial charge in [0.05, 0.1) is 6.07 Å². The molecule has 0 aliphatic carbocycles. The van der Waals surface area contributed by atoms with Gasteiger partial charge in [0.1, 0.15) is 11.7 Å². The van der Waals surface area contributed by atoms with Crippen LogP contribution in [-0.2, 0) is 11.2 Å². The van der Waals surface area contributed by atoms with Crippen LogP contribution in [0.5, 0.6) is 5.75 Å². The number of hydrogen-bond donors (Lipinski definition) is 1. The van der Waals surface area contributed by atoms with E-state index in [1.165, 1.54) is 12.1 Å².